The van der Waals surface area contributed by atoms with Crippen molar-refractivity contribution in [2.24, 2.45) is 4.99 Å². The van der Waals surface area contributed by atoms with E-state index in [0.717, 1.165) is 16.9 Å². The van der Waals surface area contributed by atoms with Crippen molar-refractivity contribution in [3.63, 3.8) is 0 Å². The summed E-state index contributed by atoms with van der Waals surface area (Å²) in [6.07, 6.45) is 1.41. The van der Waals surface area contributed by atoms with Gasteiger partial charge in [-0.3, -0.25) is 4.79 Å². The number of rotatable bonds is 7. The third-order valence-electron chi connectivity index (χ3n) is 4.96. The first kappa shape index (κ1) is 20.3. The number of carbonyl (C=O) groups excluding carboxylic acids is 1. The summed E-state index contributed by atoms with van der Waals surface area (Å²) in [6.45, 7) is 2.87. The zero-order valence-corrected chi connectivity index (χ0v) is 16.7. The number of hydrogen-bond donors (Lipinski definition) is 1. The van der Waals surface area contributed by atoms with Crippen LogP contribution in [0.4, 0.5) is 4.39 Å². The van der Waals surface area contributed by atoms with E-state index in [1.807, 2.05) is 55.5 Å². The molecule has 0 saturated heterocycles. The van der Waals surface area contributed by atoms with Gasteiger partial charge in [-0.15, -0.1) is 0 Å². The molecule has 1 aliphatic heterocycles. The minimum Gasteiger partial charge on any atom is -0.494 e. The van der Waals surface area contributed by atoms with E-state index in [2.05, 4.69) is 20.3 Å². The molecular weight excluding hydrogens is 401 g/mol. The standard InChI is InChI=1S/C23H20FN3O4/c1-2-29-19-10-8-17(9-11-19)23(14-30-22(26-23)27-31-15-28)18-6-3-5-16(13-18)20-7-4-12-25-21(20)24/h3-13,15H,2,14H2,1H3,(H,26,27). The second kappa shape index (κ2) is 8.83. The number of nitrogens with one attached hydrogen (secondary N) is 1. The Morgan fingerprint density at radius 2 is 2.00 bits per heavy atom. The van der Waals surface area contributed by atoms with Gasteiger partial charge >= 0.3 is 12.5 Å². The highest BCUT2D eigenvalue weighted by Crippen LogP contribution is 2.39. The average molecular weight is 421 g/mol. The van der Waals surface area contributed by atoms with Crippen LogP contribution in [-0.2, 0) is 19.9 Å². The highest BCUT2D eigenvalue weighted by Gasteiger charge is 2.41. The third kappa shape index (κ3) is 4.05. The lowest BCUT2D eigenvalue weighted by Crippen LogP contribution is -2.27. The second-order valence-corrected chi connectivity index (χ2v) is 6.76. The van der Waals surface area contributed by atoms with Crippen LogP contribution in [0.15, 0.2) is 71.9 Å². The molecule has 2 aromatic carbocycles. The lowest BCUT2D eigenvalue weighted by molar-refractivity contribution is -0.132. The molecule has 0 fully saturated rings. The molecule has 0 saturated carbocycles. The number of hydrogen-bond acceptors (Lipinski definition) is 7. The van der Waals surface area contributed by atoms with E-state index in [0.29, 0.717) is 17.7 Å². The molecule has 0 amide bonds. The summed E-state index contributed by atoms with van der Waals surface area (Å²) in [5.41, 5.74) is 4.10. The second-order valence-electron chi connectivity index (χ2n) is 6.76. The van der Waals surface area contributed by atoms with E-state index >= 15 is 0 Å². The summed E-state index contributed by atoms with van der Waals surface area (Å²) in [5.74, 6) is 0.181. The van der Waals surface area contributed by atoms with E-state index < -0.39 is 11.5 Å². The Hall–Kier alpha value is -3.94. The minimum absolute atomic E-state index is 0.0685. The van der Waals surface area contributed by atoms with Crippen LogP contribution in [0, 0.1) is 5.95 Å². The van der Waals surface area contributed by atoms with Crippen molar-refractivity contribution in [2.45, 2.75) is 12.5 Å². The fourth-order valence-corrected chi connectivity index (χ4v) is 3.54. The number of ether oxygens (including phenoxy) is 2. The topological polar surface area (TPSA) is 82.0 Å². The van der Waals surface area contributed by atoms with Gasteiger partial charge in [0.1, 0.15) is 12.4 Å². The molecule has 1 N–H and O–H groups in total. The number of nitrogens with zero attached hydrogens (tertiary/aromatic N) is 2. The number of carbonyl (C=O) groups is 1. The van der Waals surface area contributed by atoms with Gasteiger partial charge in [0.25, 0.3) is 0 Å². The van der Waals surface area contributed by atoms with Gasteiger partial charge in [0.05, 0.1) is 6.61 Å². The monoisotopic (exact) mass is 421 g/mol. The van der Waals surface area contributed by atoms with Crippen LogP contribution in [-0.4, -0.2) is 30.7 Å². The molecule has 0 radical (unpaired) electrons. The van der Waals surface area contributed by atoms with Crippen LogP contribution < -0.4 is 10.2 Å². The van der Waals surface area contributed by atoms with Gasteiger partial charge in [0.15, 0.2) is 5.54 Å². The van der Waals surface area contributed by atoms with Crippen LogP contribution in [0.3, 0.4) is 0 Å². The van der Waals surface area contributed by atoms with E-state index in [9.17, 15) is 9.18 Å². The molecule has 1 atom stereocenters. The van der Waals surface area contributed by atoms with Crippen LogP contribution >= 0.6 is 0 Å². The van der Waals surface area contributed by atoms with Crippen molar-refractivity contribution in [1.82, 2.24) is 10.5 Å². The Balaban J connectivity index is 1.81. The number of hydroxylamine groups is 1. The molecule has 8 heteroatoms. The number of aliphatic imine (C=N–C) groups is 1. The maximum absolute atomic E-state index is 14.3. The van der Waals surface area contributed by atoms with Crippen LogP contribution in [0.2, 0.25) is 0 Å². The zero-order chi connectivity index (χ0) is 21.7. The van der Waals surface area contributed by atoms with Crippen LogP contribution in [0.5, 0.6) is 5.75 Å². The first-order valence-corrected chi connectivity index (χ1v) is 9.69. The van der Waals surface area contributed by atoms with E-state index in [-0.39, 0.29) is 19.1 Å². The van der Waals surface area contributed by atoms with Crippen molar-refractivity contribution >= 4 is 12.5 Å². The lowest BCUT2D eigenvalue weighted by atomic mass is 9.83. The molecule has 0 bridgehead atoms. The molecule has 1 unspecified atom stereocenters. The Kier molecular flexibility index (Phi) is 5.79. The molecule has 0 spiro atoms. The maximum atomic E-state index is 14.3. The number of pyridine rings is 1. The molecule has 158 valence electrons. The summed E-state index contributed by atoms with van der Waals surface area (Å²) < 4.78 is 25.5. The predicted molar refractivity (Wildman–Crippen MR) is 112 cm³/mol. The highest BCUT2D eigenvalue weighted by molar-refractivity contribution is 5.77. The predicted octanol–water partition coefficient (Wildman–Crippen LogP) is 3.59. The summed E-state index contributed by atoms with van der Waals surface area (Å²) in [6, 6.07) is 18.3. The van der Waals surface area contributed by atoms with Gasteiger partial charge < -0.3 is 14.3 Å². The Morgan fingerprint density at radius 3 is 2.74 bits per heavy atom. The number of aromatic nitrogens is 1. The molecule has 31 heavy (non-hydrogen) atoms. The average Bonchev–Trinajstić information content (AvgIpc) is 3.24. The van der Waals surface area contributed by atoms with Crippen molar-refractivity contribution in [1.29, 1.82) is 0 Å². The summed E-state index contributed by atoms with van der Waals surface area (Å²) in [5, 5.41) is 0. The van der Waals surface area contributed by atoms with Gasteiger partial charge in [-0.1, -0.05) is 30.3 Å². The normalized spacial score (nSPS) is 17.4. The van der Waals surface area contributed by atoms with Gasteiger partial charge in [0, 0.05) is 11.8 Å². The van der Waals surface area contributed by atoms with E-state index in [1.165, 1.54) is 6.20 Å². The fourth-order valence-electron chi connectivity index (χ4n) is 3.54. The Labute approximate surface area is 178 Å². The summed E-state index contributed by atoms with van der Waals surface area (Å²) >= 11 is 0. The number of benzene rings is 2. The van der Waals surface area contributed by atoms with Gasteiger partial charge in [-0.25, -0.2) is 9.98 Å². The summed E-state index contributed by atoms with van der Waals surface area (Å²) in [7, 11) is 0. The van der Waals surface area contributed by atoms with Gasteiger partial charge in [0.2, 0.25) is 5.95 Å². The van der Waals surface area contributed by atoms with E-state index in [1.54, 1.807) is 12.1 Å². The first-order chi connectivity index (χ1) is 15.2. The van der Waals surface area contributed by atoms with Crippen molar-refractivity contribution in [2.75, 3.05) is 13.2 Å². The van der Waals surface area contributed by atoms with Crippen LogP contribution in [0.25, 0.3) is 11.1 Å². The molecule has 4 rings (SSSR count). The molecule has 1 aliphatic rings. The van der Waals surface area contributed by atoms with Gasteiger partial charge in [-0.2, -0.15) is 9.87 Å². The van der Waals surface area contributed by atoms with Crippen molar-refractivity contribution in [3.8, 4) is 16.9 Å². The lowest BCUT2D eigenvalue weighted by Gasteiger charge is -2.26. The Bertz CT molecular complexity index is 1100. The molecule has 2 heterocycles. The van der Waals surface area contributed by atoms with Crippen molar-refractivity contribution in [3.05, 3.63) is 83.9 Å². The van der Waals surface area contributed by atoms with E-state index in [4.69, 9.17) is 9.47 Å². The van der Waals surface area contributed by atoms with Crippen LogP contribution in [0.1, 0.15) is 18.1 Å². The first-order valence-electron chi connectivity index (χ1n) is 9.69. The highest BCUT2D eigenvalue weighted by atomic mass is 19.1. The quantitative estimate of drug-likeness (QED) is 0.357. The Morgan fingerprint density at radius 1 is 1.16 bits per heavy atom. The molecule has 3 aromatic rings. The molecule has 1 aromatic heterocycles. The minimum atomic E-state index is -0.936. The zero-order valence-electron chi connectivity index (χ0n) is 16.7. The number of amidine groups is 1. The summed E-state index contributed by atoms with van der Waals surface area (Å²) in [4.78, 5) is 23.5. The maximum Gasteiger partial charge on any atom is 0.320 e. The smallest absolute Gasteiger partial charge is 0.320 e. The third-order valence-corrected chi connectivity index (χ3v) is 4.96. The number of halogens is 1. The SMILES string of the molecule is CCOc1ccc(C2(c3cccc(-c4cccnc4F)c3)COC(NOC=O)=N2)cc1. The molecule has 0 aliphatic carbocycles. The van der Waals surface area contributed by atoms with Gasteiger partial charge in [-0.05, 0) is 53.9 Å². The largest absolute Gasteiger partial charge is 0.494 e. The fraction of sp³-hybridized carbons (Fsp3) is 0.174. The van der Waals surface area contributed by atoms with Crippen molar-refractivity contribution < 1.29 is 23.5 Å². The molecule has 7 nitrogen and oxygen atoms in total. The molecular formula is C23H20FN3O4.